The minimum absolute atomic E-state index is 0.230. The number of benzene rings is 2. The van der Waals surface area contributed by atoms with Crippen molar-refractivity contribution in [1.29, 1.82) is 0 Å². The van der Waals surface area contributed by atoms with Crippen molar-refractivity contribution in [3.8, 4) is 0 Å². The average molecular weight is 290 g/mol. The van der Waals surface area contributed by atoms with Gasteiger partial charge in [0.1, 0.15) is 6.61 Å². The van der Waals surface area contributed by atoms with Gasteiger partial charge in [-0.05, 0) is 37.6 Å². The Morgan fingerprint density at radius 2 is 1.75 bits per heavy atom. The molecule has 104 valence electrons. The number of esters is 1. The van der Waals surface area contributed by atoms with Crippen LogP contribution in [0.1, 0.15) is 27.0 Å². The lowest BCUT2D eigenvalue weighted by atomic mass is 10.1. The fraction of sp³-hybridized carbons (Fsp3) is 0.188. The number of carbonyl (C=O) groups excluding carboxylic acids is 1. The van der Waals surface area contributed by atoms with Crippen molar-refractivity contribution < 1.29 is 9.53 Å². The second-order valence-corrected chi connectivity index (χ2v) is 5.28. The standard InChI is InChI=1S/C16H16ClNO2/c1-10-3-11(2)5-12(4-10)9-20-16(19)13-6-14(17)8-15(18)7-13/h3-8H,9,18H2,1-2H3. The van der Waals surface area contributed by atoms with Crippen molar-refractivity contribution in [1.82, 2.24) is 0 Å². The summed E-state index contributed by atoms with van der Waals surface area (Å²) >= 11 is 5.87. The number of ether oxygens (including phenoxy) is 1. The van der Waals surface area contributed by atoms with E-state index in [-0.39, 0.29) is 6.61 Å². The topological polar surface area (TPSA) is 52.3 Å². The normalized spacial score (nSPS) is 10.3. The molecular weight excluding hydrogens is 274 g/mol. The number of aryl methyl sites for hydroxylation is 2. The fourth-order valence-corrected chi connectivity index (χ4v) is 2.36. The second-order valence-electron chi connectivity index (χ2n) is 4.85. The largest absolute Gasteiger partial charge is 0.457 e. The number of rotatable bonds is 3. The van der Waals surface area contributed by atoms with E-state index in [0.717, 1.165) is 16.7 Å². The zero-order valence-electron chi connectivity index (χ0n) is 11.4. The zero-order valence-corrected chi connectivity index (χ0v) is 12.2. The number of nitrogens with two attached hydrogens (primary N) is 1. The van der Waals surface area contributed by atoms with Crippen LogP contribution < -0.4 is 5.73 Å². The molecule has 0 amide bonds. The summed E-state index contributed by atoms with van der Waals surface area (Å²) in [7, 11) is 0. The van der Waals surface area contributed by atoms with Gasteiger partial charge in [-0.1, -0.05) is 40.9 Å². The summed E-state index contributed by atoms with van der Waals surface area (Å²) in [6.07, 6.45) is 0. The van der Waals surface area contributed by atoms with E-state index in [1.54, 1.807) is 18.2 Å². The van der Waals surface area contributed by atoms with E-state index < -0.39 is 5.97 Å². The van der Waals surface area contributed by atoms with Gasteiger partial charge in [0.25, 0.3) is 0 Å². The zero-order chi connectivity index (χ0) is 14.7. The van der Waals surface area contributed by atoms with Crippen LogP contribution in [-0.4, -0.2) is 5.97 Å². The second kappa shape index (κ2) is 5.97. The molecule has 0 radical (unpaired) electrons. The van der Waals surface area contributed by atoms with Crippen molar-refractivity contribution >= 4 is 23.3 Å². The highest BCUT2D eigenvalue weighted by Gasteiger charge is 2.09. The Balaban J connectivity index is 2.08. The summed E-state index contributed by atoms with van der Waals surface area (Å²) in [6.45, 7) is 4.25. The van der Waals surface area contributed by atoms with Gasteiger partial charge in [-0.25, -0.2) is 4.79 Å². The first-order chi connectivity index (χ1) is 9.44. The molecule has 3 nitrogen and oxygen atoms in total. The van der Waals surface area contributed by atoms with E-state index in [1.165, 1.54) is 0 Å². The van der Waals surface area contributed by atoms with E-state index in [2.05, 4.69) is 6.07 Å². The number of hydrogen-bond donors (Lipinski definition) is 1. The summed E-state index contributed by atoms with van der Waals surface area (Å²) in [4.78, 5) is 12.0. The Hall–Kier alpha value is -2.00. The lowest BCUT2D eigenvalue weighted by molar-refractivity contribution is 0.0472. The highest BCUT2D eigenvalue weighted by Crippen LogP contribution is 2.18. The van der Waals surface area contributed by atoms with Gasteiger partial charge in [-0.2, -0.15) is 0 Å². The van der Waals surface area contributed by atoms with Crippen LogP contribution in [0.25, 0.3) is 0 Å². The van der Waals surface area contributed by atoms with Crippen molar-refractivity contribution in [3.63, 3.8) is 0 Å². The molecule has 0 aliphatic rings. The summed E-state index contributed by atoms with van der Waals surface area (Å²) in [6, 6.07) is 10.7. The van der Waals surface area contributed by atoms with Crippen LogP contribution in [0.2, 0.25) is 5.02 Å². The maximum atomic E-state index is 12.0. The summed E-state index contributed by atoms with van der Waals surface area (Å²) in [5.74, 6) is -0.432. The van der Waals surface area contributed by atoms with Gasteiger partial charge in [0.05, 0.1) is 5.56 Å². The lowest BCUT2D eigenvalue weighted by Gasteiger charge is -2.08. The van der Waals surface area contributed by atoms with Crippen LogP contribution in [0.3, 0.4) is 0 Å². The van der Waals surface area contributed by atoms with Gasteiger partial charge in [0.2, 0.25) is 0 Å². The van der Waals surface area contributed by atoms with Gasteiger partial charge in [-0.3, -0.25) is 0 Å². The van der Waals surface area contributed by atoms with Gasteiger partial charge in [0, 0.05) is 10.7 Å². The van der Waals surface area contributed by atoms with Crippen LogP contribution in [0.15, 0.2) is 36.4 Å². The molecule has 0 saturated carbocycles. The smallest absolute Gasteiger partial charge is 0.338 e. The van der Waals surface area contributed by atoms with E-state index in [1.807, 2.05) is 26.0 Å². The molecule has 0 fully saturated rings. The molecule has 2 N–H and O–H groups in total. The van der Waals surface area contributed by atoms with Crippen LogP contribution in [0.4, 0.5) is 5.69 Å². The van der Waals surface area contributed by atoms with Gasteiger partial charge < -0.3 is 10.5 Å². The summed E-state index contributed by atoms with van der Waals surface area (Å²) < 4.78 is 5.28. The molecule has 2 aromatic carbocycles. The molecule has 20 heavy (non-hydrogen) atoms. The molecule has 0 heterocycles. The Morgan fingerprint density at radius 3 is 2.35 bits per heavy atom. The molecule has 2 rings (SSSR count). The van der Waals surface area contributed by atoms with Gasteiger partial charge in [0.15, 0.2) is 0 Å². The third-order valence-corrected chi connectivity index (χ3v) is 3.03. The van der Waals surface area contributed by atoms with Crippen LogP contribution in [0.5, 0.6) is 0 Å². The molecule has 0 saturated heterocycles. The van der Waals surface area contributed by atoms with E-state index >= 15 is 0 Å². The van der Waals surface area contributed by atoms with Crippen molar-refractivity contribution in [2.45, 2.75) is 20.5 Å². The van der Waals surface area contributed by atoms with E-state index in [4.69, 9.17) is 22.1 Å². The number of anilines is 1. The molecule has 4 heteroatoms. The van der Waals surface area contributed by atoms with Crippen molar-refractivity contribution in [3.05, 3.63) is 63.7 Å². The number of halogens is 1. The highest BCUT2D eigenvalue weighted by molar-refractivity contribution is 6.31. The Morgan fingerprint density at radius 1 is 1.10 bits per heavy atom. The maximum Gasteiger partial charge on any atom is 0.338 e. The first kappa shape index (κ1) is 14.4. The van der Waals surface area contributed by atoms with E-state index in [9.17, 15) is 4.79 Å². The Bertz CT molecular complexity index is 612. The predicted molar refractivity (Wildman–Crippen MR) is 80.9 cm³/mol. The first-order valence-corrected chi connectivity index (χ1v) is 6.62. The third-order valence-electron chi connectivity index (χ3n) is 2.81. The fourth-order valence-electron chi connectivity index (χ4n) is 2.11. The Labute approximate surface area is 123 Å². The van der Waals surface area contributed by atoms with Gasteiger partial charge in [-0.15, -0.1) is 0 Å². The van der Waals surface area contributed by atoms with Crippen LogP contribution >= 0.6 is 11.6 Å². The molecule has 0 bridgehead atoms. The van der Waals surface area contributed by atoms with Crippen LogP contribution in [-0.2, 0) is 11.3 Å². The molecule has 0 aliphatic carbocycles. The maximum absolute atomic E-state index is 12.0. The molecule has 0 spiro atoms. The summed E-state index contributed by atoms with van der Waals surface area (Å²) in [5.41, 5.74) is 9.70. The molecule has 0 aromatic heterocycles. The minimum atomic E-state index is -0.432. The number of hydrogen-bond acceptors (Lipinski definition) is 3. The SMILES string of the molecule is Cc1cc(C)cc(COC(=O)c2cc(N)cc(Cl)c2)c1. The first-order valence-electron chi connectivity index (χ1n) is 6.24. The summed E-state index contributed by atoms with van der Waals surface area (Å²) in [5, 5.41) is 0.420. The lowest BCUT2D eigenvalue weighted by Crippen LogP contribution is -2.06. The van der Waals surface area contributed by atoms with Crippen molar-refractivity contribution in [2.75, 3.05) is 5.73 Å². The van der Waals surface area contributed by atoms with Gasteiger partial charge >= 0.3 is 5.97 Å². The minimum Gasteiger partial charge on any atom is -0.457 e. The molecular formula is C16H16ClNO2. The number of nitrogen functional groups attached to an aromatic ring is 1. The highest BCUT2D eigenvalue weighted by atomic mass is 35.5. The van der Waals surface area contributed by atoms with Crippen molar-refractivity contribution in [2.24, 2.45) is 0 Å². The van der Waals surface area contributed by atoms with Crippen LogP contribution in [0, 0.1) is 13.8 Å². The monoisotopic (exact) mass is 289 g/mol. The Kier molecular flexibility index (Phi) is 4.30. The third kappa shape index (κ3) is 3.75. The molecule has 0 unspecified atom stereocenters. The van der Waals surface area contributed by atoms with E-state index in [0.29, 0.717) is 16.3 Å². The number of carbonyl (C=O) groups is 1. The predicted octanol–water partition coefficient (Wildman–Crippen LogP) is 3.90. The molecule has 0 atom stereocenters. The quantitative estimate of drug-likeness (QED) is 0.689. The molecule has 0 aliphatic heterocycles. The average Bonchev–Trinajstić information content (AvgIpc) is 2.33. The molecule has 2 aromatic rings.